The minimum atomic E-state index is -0.155. The van der Waals surface area contributed by atoms with Crippen LogP contribution in [0.1, 0.15) is 0 Å². The van der Waals surface area contributed by atoms with Gasteiger partial charge in [0.05, 0.1) is 5.69 Å². The first-order valence-electron chi connectivity index (χ1n) is 8.76. The van der Waals surface area contributed by atoms with Gasteiger partial charge in [-0.25, -0.2) is 9.36 Å². The van der Waals surface area contributed by atoms with E-state index in [9.17, 15) is 9.90 Å². The molecule has 0 saturated carbocycles. The van der Waals surface area contributed by atoms with Crippen LogP contribution in [0.15, 0.2) is 59.7 Å². The molecule has 1 aliphatic rings. The normalized spacial score (nSPS) is 14.6. The molecule has 2 aromatic carbocycles. The van der Waals surface area contributed by atoms with Crippen molar-refractivity contribution in [2.75, 3.05) is 42.2 Å². The van der Waals surface area contributed by atoms with E-state index in [0.29, 0.717) is 5.75 Å². The Balaban J connectivity index is 1.43. The third-order valence-electron chi connectivity index (χ3n) is 4.80. The Labute approximate surface area is 161 Å². The Bertz CT molecular complexity index is 957. The number of phenolic OH excluding ortho intramolecular Hbond substituents is 1. The Hall–Kier alpha value is -2.87. The van der Waals surface area contributed by atoms with Gasteiger partial charge in [0.15, 0.2) is 0 Å². The highest BCUT2D eigenvalue weighted by Crippen LogP contribution is 2.23. The molecule has 1 aromatic heterocycles. The molecule has 0 radical (unpaired) electrons. The summed E-state index contributed by atoms with van der Waals surface area (Å²) in [5.41, 5.74) is 2.94. The van der Waals surface area contributed by atoms with Crippen molar-refractivity contribution in [3.05, 3.63) is 65.3 Å². The number of aromatic nitrogens is 3. The molecule has 7 nitrogen and oxygen atoms in total. The van der Waals surface area contributed by atoms with Crippen LogP contribution in [0.4, 0.5) is 11.4 Å². The standard InChI is InChI=1S/C19H21N5O2S/c1-27-24-19(26)23(14-20-24)17-4-2-15(3-5-17)21-10-12-22(13-11-21)16-6-8-18(25)9-7-16/h2-9,14,25H,10-13H2,1H3. The number of rotatable bonds is 4. The fourth-order valence-corrected chi connectivity index (χ4v) is 3.68. The van der Waals surface area contributed by atoms with Crippen LogP contribution < -0.4 is 15.5 Å². The van der Waals surface area contributed by atoms with E-state index in [4.69, 9.17) is 0 Å². The molecular formula is C19H21N5O2S. The molecule has 8 heteroatoms. The van der Waals surface area contributed by atoms with Crippen LogP contribution in [-0.4, -0.2) is 51.3 Å². The number of hydrogen-bond acceptors (Lipinski definition) is 6. The van der Waals surface area contributed by atoms with Gasteiger partial charge in [-0.2, -0.15) is 4.09 Å². The van der Waals surface area contributed by atoms with Gasteiger partial charge in [-0.1, -0.05) is 0 Å². The van der Waals surface area contributed by atoms with Crippen LogP contribution in [0, 0.1) is 0 Å². The highest BCUT2D eigenvalue weighted by atomic mass is 32.2. The zero-order chi connectivity index (χ0) is 18.8. The van der Waals surface area contributed by atoms with Crippen molar-refractivity contribution >= 4 is 23.3 Å². The first-order chi connectivity index (χ1) is 13.2. The van der Waals surface area contributed by atoms with Gasteiger partial charge < -0.3 is 14.9 Å². The van der Waals surface area contributed by atoms with E-state index in [-0.39, 0.29) is 5.69 Å². The van der Waals surface area contributed by atoms with Crippen LogP contribution in [0.25, 0.3) is 5.69 Å². The van der Waals surface area contributed by atoms with Crippen LogP contribution in [0.2, 0.25) is 0 Å². The highest BCUT2D eigenvalue weighted by Gasteiger charge is 2.18. The molecule has 0 aliphatic carbocycles. The number of phenols is 1. The molecule has 1 aliphatic heterocycles. The third-order valence-corrected chi connectivity index (χ3v) is 5.40. The quantitative estimate of drug-likeness (QED) is 0.745. The monoisotopic (exact) mass is 383 g/mol. The highest BCUT2D eigenvalue weighted by molar-refractivity contribution is 7.97. The maximum Gasteiger partial charge on any atom is 0.360 e. The van der Waals surface area contributed by atoms with Crippen molar-refractivity contribution < 1.29 is 5.11 Å². The molecule has 140 valence electrons. The summed E-state index contributed by atoms with van der Waals surface area (Å²) < 4.78 is 2.90. The van der Waals surface area contributed by atoms with Crippen molar-refractivity contribution in [1.29, 1.82) is 0 Å². The molecular weight excluding hydrogens is 362 g/mol. The van der Waals surface area contributed by atoms with Gasteiger partial charge in [0.2, 0.25) is 0 Å². The topological polar surface area (TPSA) is 66.5 Å². The van der Waals surface area contributed by atoms with Crippen LogP contribution in [0.5, 0.6) is 5.75 Å². The summed E-state index contributed by atoms with van der Waals surface area (Å²) in [5.74, 6) is 0.291. The molecule has 2 heterocycles. The van der Waals surface area contributed by atoms with Crippen molar-refractivity contribution in [1.82, 2.24) is 13.8 Å². The molecule has 1 saturated heterocycles. The molecule has 4 rings (SSSR count). The van der Waals surface area contributed by atoms with Gasteiger partial charge in [0.1, 0.15) is 12.1 Å². The second-order valence-corrected chi connectivity index (χ2v) is 7.06. The Morgan fingerprint density at radius 1 is 0.852 bits per heavy atom. The van der Waals surface area contributed by atoms with E-state index in [1.165, 1.54) is 16.0 Å². The zero-order valence-electron chi connectivity index (χ0n) is 15.0. The van der Waals surface area contributed by atoms with E-state index in [1.54, 1.807) is 23.0 Å². The average molecular weight is 383 g/mol. The number of nitrogens with zero attached hydrogens (tertiary/aromatic N) is 5. The van der Waals surface area contributed by atoms with Gasteiger partial charge in [-0.15, -0.1) is 5.10 Å². The van der Waals surface area contributed by atoms with E-state index in [2.05, 4.69) is 27.0 Å². The number of piperazine rings is 1. The second-order valence-electron chi connectivity index (χ2n) is 6.35. The SMILES string of the molecule is CSn1ncn(-c2ccc(N3CCN(c4ccc(O)cc4)CC3)cc2)c1=O. The van der Waals surface area contributed by atoms with Gasteiger partial charge >= 0.3 is 5.69 Å². The van der Waals surface area contributed by atoms with Gasteiger partial charge in [-0.3, -0.25) is 0 Å². The molecule has 0 spiro atoms. The summed E-state index contributed by atoms with van der Waals surface area (Å²) in [7, 11) is 0. The minimum Gasteiger partial charge on any atom is -0.508 e. The Kier molecular flexibility index (Phi) is 4.81. The third kappa shape index (κ3) is 3.52. The second kappa shape index (κ2) is 7.40. The molecule has 0 atom stereocenters. The van der Waals surface area contributed by atoms with E-state index >= 15 is 0 Å². The lowest BCUT2D eigenvalue weighted by Gasteiger charge is -2.37. The van der Waals surface area contributed by atoms with Gasteiger partial charge in [-0.05, 0) is 60.5 Å². The molecule has 3 aromatic rings. The van der Waals surface area contributed by atoms with Gasteiger partial charge in [0, 0.05) is 43.8 Å². The maximum atomic E-state index is 12.2. The number of aromatic hydroxyl groups is 1. The van der Waals surface area contributed by atoms with Crippen LogP contribution in [0.3, 0.4) is 0 Å². The molecule has 1 fully saturated rings. The summed E-state index contributed by atoms with van der Waals surface area (Å²) in [6.07, 6.45) is 3.36. The summed E-state index contributed by atoms with van der Waals surface area (Å²) >= 11 is 1.28. The molecule has 0 unspecified atom stereocenters. The molecule has 27 heavy (non-hydrogen) atoms. The summed E-state index contributed by atoms with van der Waals surface area (Å²) in [4.78, 5) is 16.9. The van der Waals surface area contributed by atoms with E-state index < -0.39 is 0 Å². The number of anilines is 2. The van der Waals surface area contributed by atoms with E-state index in [0.717, 1.165) is 43.2 Å². The Morgan fingerprint density at radius 3 is 1.81 bits per heavy atom. The van der Waals surface area contributed by atoms with Crippen molar-refractivity contribution in [3.8, 4) is 11.4 Å². The zero-order valence-corrected chi connectivity index (χ0v) is 15.8. The van der Waals surface area contributed by atoms with Crippen molar-refractivity contribution in [2.45, 2.75) is 0 Å². The Morgan fingerprint density at radius 2 is 1.33 bits per heavy atom. The van der Waals surface area contributed by atoms with Crippen LogP contribution >= 0.6 is 11.9 Å². The predicted molar refractivity (Wildman–Crippen MR) is 109 cm³/mol. The fraction of sp³-hybridized carbons (Fsp3) is 0.263. The smallest absolute Gasteiger partial charge is 0.360 e. The minimum absolute atomic E-state index is 0.155. The predicted octanol–water partition coefficient (Wildman–Crippen LogP) is 2.19. The number of hydrogen-bond donors (Lipinski definition) is 1. The molecule has 0 bridgehead atoms. The van der Waals surface area contributed by atoms with Crippen molar-refractivity contribution in [3.63, 3.8) is 0 Å². The largest absolute Gasteiger partial charge is 0.508 e. The lowest BCUT2D eigenvalue weighted by atomic mass is 10.2. The maximum absolute atomic E-state index is 12.2. The first-order valence-corrected chi connectivity index (χ1v) is 9.94. The lowest BCUT2D eigenvalue weighted by molar-refractivity contribution is 0.475. The summed E-state index contributed by atoms with van der Waals surface area (Å²) in [5, 5.41) is 13.5. The first kappa shape index (κ1) is 17.5. The lowest BCUT2D eigenvalue weighted by Crippen LogP contribution is -2.46. The molecule has 1 N–H and O–H groups in total. The summed E-state index contributed by atoms with van der Waals surface area (Å²) in [6.45, 7) is 3.69. The fourth-order valence-electron chi connectivity index (χ4n) is 3.30. The van der Waals surface area contributed by atoms with Gasteiger partial charge in [0.25, 0.3) is 0 Å². The van der Waals surface area contributed by atoms with Crippen molar-refractivity contribution in [2.24, 2.45) is 0 Å². The molecule has 0 amide bonds. The average Bonchev–Trinajstić information content (AvgIpc) is 3.09. The van der Waals surface area contributed by atoms with Crippen LogP contribution in [-0.2, 0) is 0 Å². The summed E-state index contributed by atoms with van der Waals surface area (Å²) in [6, 6.07) is 15.4. The number of benzene rings is 2. The van der Waals surface area contributed by atoms with E-state index in [1.807, 2.05) is 30.5 Å².